The van der Waals surface area contributed by atoms with Crippen LogP contribution in [0.2, 0.25) is 5.02 Å². The SMILES string of the molecule is CC1CCN(c2nnc(SCC(=O)Nc3ncc(C(F)(F)F)cc3Cl)n2C2CC2)CC1. The van der Waals surface area contributed by atoms with Gasteiger partial charge in [-0.05, 0) is 37.7 Å². The van der Waals surface area contributed by atoms with Crippen LogP contribution in [0.1, 0.15) is 44.2 Å². The van der Waals surface area contributed by atoms with Crippen LogP contribution in [0.4, 0.5) is 24.9 Å². The molecule has 1 saturated heterocycles. The molecule has 3 heterocycles. The minimum absolute atomic E-state index is 0.0148. The van der Waals surface area contributed by atoms with Crippen molar-refractivity contribution >= 4 is 41.0 Å². The molecule has 1 aliphatic heterocycles. The summed E-state index contributed by atoms with van der Waals surface area (Å²) < 4.78 is 40.3. The number of hydrogen-bond donors (Lipinski definition) is 1. The second kappa shape index (κ2) is 8.85. The van der Waals surface area contributed by atoms with E-state index in [1.54, 1.807) is 0 Å². The number of anilines is 2. The van der Waals surface area contributed by atoms with E-state index >= 15 is 0 Å². The lowest BCUT2D eigenvalue weighted by atomic mass is 10.00. The number of amides is 1. The monoisotopic (exact) mass is 474 g/mol. The molecule has 1 saturated carbocycles. The van der Waals surface area contributed by atoms with Gasteiger partial charge in [-0.25, -0.2) is 4.98 Å². The van der Waals surface area contributed by atoms with E-state index in [1.165, 1.54) is 11.8 Å². The molecule has 0 aromatic carbocycles. The summed E-state index contributed by atoms with van der Waals surface area (Å²) in [6.45, 7) is 4.13. The molecule has 0 atom stereocenters. The number of pyridine rings is 1. The van der Waals surface area contributed by atoms with E-state index in [4.69, 9.17) is 11.6 Å². The summed E-state index contributed by atoms with van der Waals surface area (Å²) in [5, 5.41) is 11.5. The average molecular weight is 475 g/mol. The van der Waals surface area contributed by atoms with Crippen LogP contribution in [0.25, 0.3) is 0 Å². The van der Waals surface area contributed by atoms with Crippen molar-refractivity contribution in [1.29, 1.82) is 0 Å². The topological polar surface area (TPSA) is 75.9 Å². The number of thioether (sulfide) groups is 1. The van der Waals surface area contributed by atoms with Crippen LogP contribution in [0.5, 0.6) is 0 Å². The molecule has 168 valence electrons. The van der Waals surface area contributed by atoms with Gasteiger partial charge < -0.3 is 10.2 Å². The van der Waals surface area contributed by atoms with Gasteiger partial charge in [0.2, 0.25) is 11.9 Å². The molecule has 4 rings (SSSR count). The van der Waals surface area contributed by atoms with Gasteiger partial charge in [0.05, 0.1) is 16.3 Å². The second-order valence-corrected chi connectivity index (χ2v) is 9.29. The fourth-order valence-corrected chi connectivity index (χ4v) is 4.44. The van der Waals surface area contributed by atoms with Crippen molar-refractivity contribution < 1.29 is 18.0 Å². The zero-order valence-corrected chi connectivity index (χ0v) is 18.4. The lowest BCUT2D eigenvalue weighted by Crippen LogP contribution is -2.34. The van der Waals surface area contributed by atoms with Crippen LogP contribution >= 0.6 is 23.4 Å². The Labute approximate surface area is 186 Å². The first-order chi connectivity index (χ1) is 14.7. The van der Waals surface area contributed by atoms with Crippen LogP contribution in [-0.4, -0.2) is 44.5 Å². The maximum absolute atomic E-state index is 12.7. The van der Waals surface area contributed by atoms with Crippen LogP contribution in [0.15, 0.2) is 17.4 Å². The molecule has 0 radical (unpaired) electrons. The van der Waals surface area contributed by atoms with Crippen LogP contribution in [-0.2, 0) is 11.0 Å². The summed E-state index contributed by atoms with van der Waals surface area (Å²) in [4.78, 5) is 18.2. The molecule has 31 heavy (non-hydrogen) atoms. The lowest BCUT2D eigenvalue weighted by Gasteiger charge is -2.31. The van der Waals surface area contributed by atoms with E-state index in [0.717, 1.165) is 50.8 Å². The number of aromatic nitrogens is 4. The average Bonchev–Trinajstić information content (AvgIpc) is 3.47. The third-order valence-electron chi connectivity index (χ3n) is 5.38. The van der Waals surface area contributed by atoms with Crippen molar-refractivity contribution in [1.82, 2.24) is 19.7 Å². The number of carbonyl (C=O) groups excluding carboxylic acids is 1. The Hall–Kier alpha value is -2.01. The highest BCUT2D eigenvalue weighted by Crippen LogP contribution is 2.41. The molecule has 0 spiro atoms. The first-order valence-electron chi connectivity index (χ1n) is 10.1. The minimum Gasteiger partial charge on any atom is -0.341 e. The molecule has 2 fully saturated rings. The molecular formula is C19H22ClF3N6OS. The van der Waals surface area contributed by atoms with Crippen LogP contribution < -0.4 is 10.2 Å². The Morgan fingerprint density at radius 3 is 2.58 bits per heavy atom. The molecule has 1 N–H and O–H groups in total. The largest absolute Gasteiger partial charge is 0.417 e. The normalized spacial score (nSPS) is 17.8. The molecule has 1 amide bonds. The summed E-state index contributed by atoms with van der Waals surface area (Å²) in [5.41, 5.74) is -0.970. The van der Waals surface area contributed by atoms with E-state index in [9.17, 15) is 18.0 Å². The quantitative estimate of drug-likeness (QED) is 0.614. The third-order valence-corrected chi connectivity index (χ3v) is 6.61. The van der Waals surface area contributed by atoms with E-state index in [-0.39, 0.29) is 16.6 Å². The molecule has 0 unspecified atom stereocenters. The molecule has 7 nitrogen and oxygen atoms in total. The summed E-state index contributed by atoms with van der Waals surface area (Å²) in [6.07, 6.45) is 0.434. The number of alkyl halides is 3. The van der Waals surface area contributed by atoms with Crippen molar-refractivity contribution in [2.24, 2.45) is 5.92 Å². The van der Waals surface area contributed by atoms with Gasteiger partial charge >= 0.3 is 6.18 Å². The molecule has 2 aromatic rings. The van der Waals surface area contributed by atoms with Gasteiger partial charge in [-0.1, -0.05) is 30.3 Å². The van der Waals surface area contributed by atoms with Crippen LogP contribution in [0.3, 0.4) is 0 Å². The minimum atomic E-state index is -4.55. The summed E-state index contributed by atoms with van der Waals surface area (Å²) >= 11 is 7.10. The Kier molecular flexibility index (Phi) is 6.34. The number of piperidine rings is 1. The van der Waals surface area contributed by atoms with E-state index in [0.29, 0.717) is 23.3 Å². The summed E-state index contributed by atoms with van der Waals surface area (Å²) in [7, 11) is 0. The zero-order valence-electron chi connectivity index (χ0n) is 16.8. The Balaban J connectivity index is 1.40. The summed E-state index contributed by atoms with van der Waals surface area (Å²) in [5.74, 6) is 1.03. The van der Waals surface area contributed by atoms with Gasteiger partial charge in [0.1, 0.15) is 0 Å². The molecule has 2 aliphatic rings. The molecule has 0 bridgehead atoms. The Morgan fingerprint density at radius 2 is 1.97 bits per heavy atom. The number of hydrogen-bond acceptors (Lipinski definition) is 6. The number of halogens is 4. The van der Waals surface area contributed by atoms with Crippen molar-refractivity contribution in [3.05, 3.63) is 22.8 Å². The molecule has 1 aliphatic carbocycles. The van der Waals surface area contributed by atoms with E-state index in [1.807, 2.05) is 0 Å². The highest BCUT2D eigenvalue weighted by atomic mass is 35.5. The number of nitrogens with one attached hydrogen (secondary N) is 1. The Morgan fingerprint density at radius 1 is 1.26 bits per heavy atom. The van der Waals surface area contributed by atoms with Crippen LogP contribution in [0, 0.1) is 5.92 Å². The van der Waals surface area contributed by atoms with Crippen molar-refractivity contribution in [3.63, 3.8) is 0 Å². The zero-order chi connectivity index (χ0) is 22.2. The maximum atomic E-state index is 12.7. The predicted molar refractivity (Wildman–Crippen MR) is 113 cm³/mol. The van der Waals surface area contributed by atoms with Gasteiger partial charge in [-0.2, -0.15) is 13.2 Å². The fraction of sp³-hybridized carbons (Fsp3) is 0.579. The first-order valence-corrected chi connectivity index (χ1v) is 11.4. The molecule has 2 aromatic heterocycles. The fourth-order valence-electron chi connectivity index (χ4n) is 3.43. The number of nitrogens with zero attached hydrogens (tertiary/aromatic N) is 5. The van der Waals surface area contributed by atoms with Gasteiger partial charge in [0.25, 0.3) is 0 Å². The smallest absolute Gasteiger partial charge is 0.341 e. The van der Waals surface area contributed by atoms with Gasteiger partial charge in [-0.3, -0.25) is 9.36 Å². The number of carbonyl (C=O) groups is 1. The van der Waals surface area contributed by atoms with Crippen molar-refractivity contribution in [3.8, 4) is 0 Å². The predicted octanol–water partition coefficient (Wildman–Crippen LogP) is 4.65. The maximum Gasteiger partial charge on any atom is 0.417 e. The third kappa shape index (κ3) is 5.25. The highest BCUT2D eigenvalue weighted by molar-refractivity contribution is 7.99. The van der Waals surface area contributed by atoms with Crippen molar-refractivity contribution in [2.45, 2.75) is 50.0 Å². The molecular weight excluding hydrogens is 453 g/mol. The summed E-state index contributed by atoms with van der Waals surface area (Å²) in [6, 6.07) is 1.09. The van der Waals surface area contributed by atoms with E-state index in [2.05, 4.69) is 36.9 Å². The van der Waals surface area contributed by atoms with Crippen molar-refractivity contribution in [2.75, 3.05) is 29.1 Å². The lowest BCUT2D eigenvalue weighted by molar-refractivity contribution is -0.137. The number of rotatable bonds is 6. The Bertz CT molecular complexity index is 957. The second-order valence-electron chi connectivity index (χ2n) is 7.94. The highest BCUT2D eigenvalue weighted by Gasteiger charge is 2.33. The molecule has 12 heteroatoms. The van der Waals surface area contributed by atoms with E-state index < -0.39 is 17.6 Å². The van der Waals surface area contributed by atoms with Gasteiger partial charge in [-0.15, -0.1) is 10.2 Å². The standard InChI is InChI=1S/C19H22ClF3N6OS/c1-11-4-6-28(7-5-11)17-26-27-18(29(17)13-2-3-13)31-10-15(30)25-16-14(20)8-12(9-24-16)19(21,22)23/h8-9,11,13H,2-7,10H2,1H3,(H,24,25,30). The van der Waals surface area contributed by atoms with Gasteiger partial charge in [0, 0.05) is 25.3 Å². The first kappa shape index (κ1) is 22.2. The van der Waals surface area contributed by atoms with Gasteiger partial charge in [0.15, 0.2) is 11.0 Å².